The second-order valence-electron chi connectivity index (χ2n) is 5.57. The van der Waals surface area contributed by atoms with Gasteiger partial charge in [-0.3, -0.25) is 9.67 Å². The first-order valence-electron chi connectivity index (χ1n) is 8.20. The van der Waals surface area contributed by atoms with Crippen molar-refractivity contribution in [2.24, 2.45) is 10.9 Å². The zero-order valence-electron chi connectivity index (χ0n) is 14.4. The van der Waals surface area contributed by atoms with Crippen LogP contribution in [0.15, 0.2) is 23.5 Å². The molecule has 0 bridgehead atoms. The maximum absolute atomic E-state index is 5.75. The van der Waals surface area contributed by atoms with Crippen molar-refractivity contribution in [3.05, 3.63) is 18.5 Å². The molecule has 0 aromatic carbocycles. The summed E-state index contributed by atoms with van der Waals surface area (Å²) in [4.78, 5) is 4.24. The summed E-state index contributed by atoms with van der Waals surface area (Å²) in [7, 11) is 1.80. The molecular formula is C16H31N5O. The van der Waals surface area contributed by atoms with Gasteiger partial charge >= 0.3 is 0 Å². The van der Waals surface area contributed by atoms with Gasteiger partial charge in [-0.1, -0.05) is 13.8 Å². The first-order chi connectivity index (χ1) is 10.7. The fraction of sp³-hybridized carbons (Fsp3) is 0.750. The third-order valence-electron chi connectivity index (χ3n) is 3.48. The predicted octanol–water partition coefficient (Wildman–Crippen LogP) is 1.89. The summed E-state index contributed by atoms with van der Waals surface area (Å²) in [6.45, 7) is 9.86. The van der Waals surface area contributed by atoms with Crippen molar-refractivity contribution in [3.63, 3.8) is 0 Å². The van der Waals surface area contributed by atoms with E-state index in [9.17, 15) is 0 Å². The summed E-state index contributed by atoms with van der Waals surface area (Å²) in [5.41, 5.74) is 0. The topological polar surface area (TPSA) is 63.5 Å². The Balaban J connectivity index is 2.16. The molecule has 0 aliphatic heterocycles. The maximum Gasteiger partial charge on any atom is 0.190 e. The lowest BCUT2D eigenvalue weighted by molar-refractivity contribution is 0.0258. The molecule has 6 heteroatoms. The van der Waals surface area contributed by atoms with Gasteiger partial charge in [-0.05, 0) is 31.7 Å². The summed E-state index contributed by atoms with van der Waals surface area (Å²) in [6, 6.07) is 1.94. The van der Waals surface area contributed by atoms with E-state index in [1.165, 1.54) is 0 Å². The molecule has 0 saturated heterocycles. The number of hydrogen-bond donors (Lipinski definition) is 2. The van der Waals surface area contributed by atoms with Gasteiger partial charge in [-0.25, -0.2) is 0 Å². The van der Waals surface area contributed by atoms with E-state index in [2.05, 4.69) is 34.6 Å². The predicted molar refractivity (Wildman–Crippen MR) is 91.1 cm³/mol. The molecule has 0 spiro atoms. The van der Waals surface area contributed by atoms with E-state index in [4.69, 9.17) is 4.74 Å². The highest BCUT2D eigenvalue weighted by Crippen LogP contribution is 2.09. The highest BCUT2D eigenvalue weighted by Gasteiger charge is 2.12. The summed E-state index contributed by atoms with van der Waals surface area (Å²) in [5, 5.41) is 10.9. The molecule has 22 heavy (non-hydrogen) atoms. The molecule has 1 rings (SSSR count). The van der Waals surface area contributed by atoms with Crippen LogP contribution in [0.5, 0.6) is 0 Å². The number of aromatic nitrogens is 2. The summed E-state index contributed by atoms with van der Waals surface area (Å²) in [6.07, 6.45) is 6.08. The number of nitrogens with one attached hydrogen (secondary N) is 2. The van der Waals surface area contributed by atoms with Crippen LogP contribution in [0.1, 0.15) is 33.6 Å². The lowest BCUT2D eigenvalue weighted by Gasteiger charge is -2.21. The zero-order chi connectivity index (χ0) is 16.2. The molecule has 0 aliphatic rings. The van der Waals surface area contributed by atoms with Gasteiger partial charge in [0, 0.05) is 45.7 Å². The van der Waals surface area contributed by atoms with Crippen molar-refractivity contribution < 1.29 is 4.74 Å². The van der Waals surface area contributed by atoms with Crippen molar-refractivity contribution in [3.8, 4) is 0 Å². The highest BCUT2D eigenvalue weighted by atomic mass is 16.5. The Morgan fingerprint density at radius 2 is 2.09 bits per heavy atom. The van der Waals surface area contributed by atoms with E-state index in [-0.39, 0.29) is 0 Å². The molecule has 0 aliphatic carbocycles. The molecule has 0 radical (unpaired) electrons. The monoisotopic (exact) mass is 309 g/mol. The van der Waals surface area contributed by atoms with Crippen LogP contribution in [0.3, 0.4) is 0 Å². The summed E-state index contributed by atoms with van der Waals surface area (Å²) >= 11 is 0. The largest absolute Gasteiger partial charge is 0.378 e. The SMILES string of the molecule is CCOC(CCNC(=NC)NCCCn1cccn1)C(C)C. The average molecular weight is 309 g/mol. The van der Waals surface area contributed by atoms with Gasteiger partial charge in [0.1, 0.15) is 0 Å². The fourth-order valence-electron chi connectivity index (χ4n) is 2.26. The lowest BCUT2D eigenvalue weighted by Crippen LogP contribution is -2.39. The van der Waals surface area contributed by atoms with Gasteiger partial charge in [-0.15, -0.1) is 0 Å². The summed E-state index contributed by atoms with van der Waals surface area (Å²) in [5.74, 6) is 1.38. The highest BCUT2D eigenvalue weighted by molar-refractivity contribution is 5.79. The number of nitrogens with zero attached hydrogens (tertiary/aromatic N) is 3. The van der Waals surface area contributed by atoms with Crippen molar-refractivity contribution >= 4 is 5.96 Å². The van der Waals surface area contributed by atoms with Crippen LogP contribution >= 0.6 is 0 Å². The Kier molecular flexibility index (Phi) is 9.30. The molecule has 0 amide bonds. The molecule has 1 aromatic rings. The Hall–Kier alpha value is -1.56. The third kappa shape index (κ3) is 7.45. The molecular weight excluding hydrogens is 278 g/mol. The molecule has 126 valence electrons. The Morgan fingerprint density at radius 1 is 1.32 bits per heavy atom. The minimum atomic E-state index is 0.301. The van der Waals surface area contributed by atoms with E-state index in [0.717, 1.165) is 45.0 Å². The first kappa shape index (κ1) is 18.5. The lowest BCUT2D eigenvalue weighted by atomic mass is 10.0. The van der Waals surface area contributed by atoms with Crippen LogP contribution in [0, 0.1) is 5.92 Å². The smallest absolute Gasteiger partial charge is 0.190 e. The number of aliphatic imine (C=N–C) groups is 1. The van der Waals surface area contributed by atoms with E-state index in [1.807, 2.05) is 23.9 Å². The van der Waals surface area contributed by atoms with Gasteiger partial charge in [0.25, 0.3) is 0 Å². The van der Waals surface area contributed by atoms with E-state index in [0.29, 0.717) is 12.0 Å². The molecule has 0 saturated carbocycles. The quantitative estimate of drug-likeness (QED) is 0.393. The third-order valence-corrected chi connectivity index (χ3v) is 3.48. The Labute approximate surface area is 134 Å². The van der Waals surface area contributed by atoms with Crippen LogP contribution in [-0.2, 0) is 11.3 Å². The van der Waals surface area contributed by atoms with Crippen LogP contribution in [0.2, 0.25) is 0 Å². The van der Waals surface area contributed by atoms with Crippen LogP contribution in [0.25, 0.3) is 0 Å². The molecule has 1 atom stereocenters. The average Bonchev–Trinajstić information content (AvgIpc) is 3.01. The Morgan fingerprint density at radius 3 is 2.68 bits per heavy atom. The van der Waals surface area contributed by atoms with Gasteiger partial charge in [0.2, 0.25) is 0 Å². The zero-order valence-corrected chi connectivity index (χ0v) is 14.4. The maximum atomic E-state index is 5.75. The van der Waals surface area contributed by atoms with Gasteiger partial charge in [0.15, 0.2) is 5.96 Å². The summed E-state index contributed by atoms with van der Waals surface area (Å²) < 4.78 is 7.69. The minimum absolute atomic E-state index is 0.301. The van der Waals surface area contributed by atoms with Gasteiger partial charge in [0.05, 0.1) is 6.10 Å². The van der Waals surface area contributed by atoms with Crippen LogP contribution < -0.4 is 10.6 Å². The van der Waals surface area contributed by atoms with Crippen molar-refractivity contribution in [1.29, 1.82) is 0 Å². The van der Waals surface area contributed by atoms with Crippen molar-refractivity contribution in [2.75, 3.05) is 26.7 Å². The number of hydrogen-bond acceptors (Lipinski definition) is 3. The molecule has 0 fully saturated rings. The minimum Gasteiger partial charge on any atom is -0.378 e. The Bertz CT molecular complexity index is 403. The van der Waals surface area contributed by atoms with E-state index >= 15 is 0 Å². The molecule has 2 N–H and O–H groups in total. The van der Waals surface area contributed by atoms with E-state index < -0.39 is 0 Å². The van der Waals surface area contributed by atoms with E-state index in [1.54, 1.807) is 13.2 Å². The second-order valence-corrected chi connectivity index (χ2v) is 5.57. The number of rotatable bonds is 10. The standard InChI is InChI=1S/C16H31N5O/c1-5-22-15(14(2)3)8-11-19-16(17-4)18-9-6-12-21-13-7-10-20-21/h7,10,13-15H,5-6,8-9,11-12H2,1-4H3,(H2,17,18,19). The molecule has 1 aromatic heterocycles. The first-order valence-corrected chi connectivity index (χ1v) is 8.20. The van der Waals surface area contributed by atoms with Crippen LogP contribution in [0.4, 0.5) is 0 Å². The van der Waals surface area contributed by atoms with Gasteiger partial charge in [-0.2, -0.15) is 5.10 Å². The molecule has 6 nitrogen and oxygen atoms in total. The molecule has 1 heterocycles. The number of ether oxygens (including phenoxy) is 1. The molecule has 1 unspecified atom stereocenters. The van der Waals surface area contributed by atoms with Gasteiger partial charge < -0.3 is 15.4 Å². The second kappa shape index (κ2) is 11.1. The van der Waals surface area contributed by atoms with Crippen LogP contribution in [-0.4, -0.2) is 48.6 Å². The van der Waals surface area contributed by atoms with Crippen molar-refractivity contribution in [1.82, 2.24) is 20.4 Å². The number of aryl methyl sites for hydroxylation is 1. The fourth-order valence-corrected chi connectivity index (χ4v) is 2.26. The normalized spacial score (nSPS) is 13.4. The number of guanidine groups is 1. The van der Waals surface area contributed by atoms with Crippen molar-refractivity contribution in [2.45, 2.75) is 46.3 Å².